The van der Waals surface area contributed by atoms with Crippen molar-refractivity contribution in [1.82, 2.24) is 20.8 Å². The Morgan fingerprint density at radius 2 is 2.11 bits per heavy atom. The zero-order chi connectivity index (χ0) is 18.4. The zero-order valence-electron chi connectivity index (χ0n) is 16.2. The molecule has 1 atom stereocenters. The summed E-state index contributed by atoms with van der Waals surface area (Å²) >= 11 is 0. The standard InChI is InChI=1S/C19H28N6O.HI/c1-14(2)18-23-17(26-24-18)9-11-21-19(20-3)22-15-10-12-25(13-15)16-7-5-4-6-8-16;/h4-8,14-15H,9-13H2,1-3H3,(H2,20,21,22);1H. The van der Waals surface area contributed by atoms with Crippen molar-refractivity contribution in [3.63, 3.8) is 0 Å². The molecule has 1 unspecified atom stereocenters. The van der Waals surface area contributed by atoms with E-state index in [1.807, 2.05) is 0 Å². The van der Waals surface area contributed by atoms with E-state index in [1.54, 1.807) is 7.05 Å². The summed E-state index contributed by atoms with van der Waals surface area (Å²) < 4.78 is 5.27. The van der Waals surface area contributed by atoms with Gasteiger partial charge in [0, 0.05) is 50.7 Å². The van der Waals surface area contributed by atoms with Gasteiger partial charge in [0.1, 0.15) is 0 Å². The first-order valence-corrected chi connectivity index (χ1v) is 9.25. The maximum atomic E-state index is 5.27. The summed E-state index contributed by atoms with van der Waals surface area (Å²) in [6.45, 7) is 6.84. The van der Waals surface area contributed by atoms with E-state index in [4.69, 9.17) is 4.52 Å². The van der Waals surface area contributed by atoms with Crippen LogP contribution in [-0.4, -0.2) is 48.8 Å². The Kier molecular flexibility index (Phi) is 8.33. The van der Waals surface area contributed by atoms with E-state index in [-0.39, 0.29) is 29.9 Å². The first-order valence-electron chi connectivity index (χ1n) is 9.25. The summed E-state index contributed by atoms with van der Waals surface area (Å²) in [7, 11) is 1.79. The summed E-state index contributed by atoms with van der Waals surface area (Å²) in [4.78, 5) is 11.1. The van der Waals surface area contributed by atoms with Crippen molar-refractivity contribution in [2.45, 2.75) is 38.6 Å². The van der Waals surface area contributed by atoms with Gasteiger partial charge in [-0.15, -0.1) is 24.0 Å². The topological polar surface area (TPSA) is 78.6 Å². The molecule has 1 aromatic heterocycles. The van der Waals surface area contributed by atoms with Gasteiger partial charge in [0.2, 0.25) is 5.89 Å². The average Bonchev–Trinajstić information content (AvgIpc) is 3.31. The lowest BCUT2D eigenvalue weighted by Crippen LogP contribution is -2.45. The molecule has 2 N–H and O–H groups in total. The number of nitrogens with one attached hydrogen (secondary N) is 2. The zero-order valence-corrected chi connectivity index (χ0v) is 18.5. The van der Waals surface area contributed by atoms with Crippen LogP contribution in [0.2, 0.25) is 0 Å². The minimum Gasteiger partial charge on any atom is -0.369 e. The fourth-order valence-corrected chi connectivity index (χ4v) is 3.03. The van der Waals surface area contributed by atoms with E-state index in [1.165, 1.54) is 5.69 Å². The smallest absolute Gasteiger partial charge is 0.228 e. The van der Waals surface area contributed by atoms with Gasteiger partial charge in [-0.1, -0.05) is 37.2 Å². The third kappa shape index (κ3) is 6.08. The number of guanidine groups is 1. The molecule has 0 saturated carbocycles. The number of hydrogen-bond donors (Lipinski definition) is 2. The van der Waals surface area contributed by atoms with Crippen LogP contribution < -0.4 is 15.5 Å². The predicted octanol–water partition coefficient (Wildman–Crippen LogP) is 2.80. The lowest BCUT2D eigenvalue weighted by molar-refractivity contribution is 0.371. The van der Waals surface area contributed by atoms with E-state index >= 15 is 0 Å². The Labute approximate surface area is 178 Å². The van der Waals surface area contributed by atoms with Gasteiger partial charge >= 0.3 is 0 Å². The maximum Gasteiger partial charge on any atom is 0.228 e. The van der Waals surface area contributed by atoms with Gasteiger partial charge in [-0.25, -0.2) is 0 Å². The summed E-state index contributed by atoms with van der Waals surface area (Å²) in [5.74, 6) is 2.51. The third-order valence-electron chi connectivity index (χ3n) is 4.51. The first kappa shape index (κ1) is 21.5. The van der Waals surface area contributed by atoms with Crippen molar-refractivity contribution in [2.24, 2.45) is 4.99 Å². The van der Waals surface area contributed by atoms with Crippen molar-refractivity contribution in [2.75, 3.05) is 31.6 Å². The molecule has 1 aliphatic rings. The van der Waals surface area contributed by atoms with Crippen LogP contribution in [0.5, 0.6) is 0 Å². The molecule has 1 aliphatic heterocycles. The first-order chi connectivity index (χ1) is 12.7. The number of nitrogens with zero attached hydrogens (tertiary/aromatic N) is 4. The molecule has 7 nitrogen and oxygen atoms in total. The molecule has 0 bridgehead atoms. The molecular weight excluding hydrogens is 455 g/mol. The Balaban J connectivity index is 0.00000261. The normalized spacial score (nSPS) is 17.1. The lowest BCUT2D eigenvalue weighted by Gasteiger charge is -2.20. The molecule has 0 radical (unpaired) electrons. The second-order valence-corrected chi connectivity index (χ2v) is 6.86. The van der Waals surface area contributed by atoms with E-state index < -0.39 is 0 Å². The number of aliphatic imine (C=N–C) groups is 1. The van der Waals surface area contributed by atoms with Crippen molar-refractivity contribution >= 4 is 35.6 Å². The molecule has 2 heterocycles. The summed E-state index contributed by atoms with van der Waals surface area (Å²) in [6, 6.07) is 10.9. The highest BCUT2D eigenvalue weighted by molar-refractivity contribution is 14.0. The van der Waals surface area contributed by atoms with E-state index in [9.17, 15) is 0 Å². The molecule has 1 fully saturated rings. The summed E-state index contributed by atoms with van der Waals surface area (Å²) in [5.41, 5.74) is 1.28. The number of para-hydroxylation sites is 1. The number of benzene rings is 1. The van der Waals surface area contributed by atoms with Gasteiger partial charge in [-0.05, 0) is 18.6 Å². The van der Waals surface area contributed by atoms with Gasteiger partial charge in [0.05, 0.1) is 0 Å². The highest BCUT2D eigenvalue weighted by atomic mass is 127. The van der Waals surface area contributed by atoms with Gasteiger partial charge in [0.25, 0.3) is 0 Å². The molecule has 8 heteroatoms. The highest BCUT2D eigenvalue weighted by Gasteiger charge is 2.23. The third-order valence-corrected chi connectivity index (χ3v) is 4.51. The number of halogens is 1. The van der Waals surface area contributed by atoms with Crippen molar-refractivity contribution < 1.29 is 4.52 Å². The number of rotatable bonds is 6. The van der Waals surface area contributed by atoms with Crippen LogP contribution in [0, 0.1) is 0 Å². The Hall–Kier alpha value is -1.84. The second kappa shape index (κ2) is 10.5. The lowest BCUT2D eigenvalue weighted by atomic mass is 10.2. The molecule has 0 aliphatic carbocycles. The van der Waals surface area contributed by atoms with Crippen LogP contribution >= 0.6 is 24.0 Å². The van der Waals surface area contributed by atoms with Crippen molar-refractivity contribution in [3.8, 4) is 0 Å². The Bertz CT molecular complexity index is 718. The summed E-state index contributed by atoms with van der Waals surface area (Å²) in [6.07, 6.45) is 1.78. The van der Waals surface area contributed by atoms with Crippen molar-refractivity contribution in [3.05, 3.63) is 42.0 Å². The molecule has 0 spiro atoms. The Morgan fingerprint density at radius 1 is 1.33 bits per heavy atom. The molecule has 1 aromatic carbocycles. The Morgan fingerprint density at radius 3 is 2.78 bits per heavy atom. The molecular formula is C19H29IN6O. The fraction of sp³-hybridized carbons (Fsp3) is 0.526. The molecule has 0 amide bonds. The second-order valence-electron chi connectivity index (χ2n) is 6.86. The molecule has 3 rings (SSSR count). The van der Waals surface area contributed by atoms with E-state index in [0.717, 1.165) is 31.3 Å². The quantitative estimate of drug-likeness (QED) is 0.373. The largest absolute Gasteiger partial charge is 0.369 e. The predicted molar refractivity (Wildman–Crippen MR) is 119 cm³/mol. The van der Waals surface area contributed by atoms with Crippen LogP contribution in [-0.2, 0) is 6.42 Å². The monoisotopic (exact) mass is 484 g/mol. The van der Waals surface area contributed by atoms with Crippen LogP contribution in [0.3, 0.4) is 0 Å². The molecule has 148 valence electrons. The molecule has 1 saturated heterocycles. The fourth-order valence-electron chi connectivity index (χ4n) is 3.03. The summed E-state index contributed by atoms with van der Waals surface area (Å²) in [5, 5.41) is 10.8. The minimum absolute atomic E-state index is 0. The van der Waals surface area contributed by atoms with Crippen LogP contribution in [0.4, 0.5) is 5.69 Å². The van der Waals surface area contributed by atoms with E-state index in [0.29, 0.717) is 24.9 Å². The average molecular weight is 484 g/mol. The SMILES string of the molecule is CN=C(NCCc1nc(C(C)C)no1)NC1CCN(c2ccccc2)C1.I. The van der Waals surface area contributed by atoms with Gasteiger partial charge in [-0.2, -0.15) is 4.98 Å². The highest BCUT2D eigenvalue weighted by Crippen LogP contribution is 2.19. The van der Waals surface area contributed by atoms with Crippen LogP contribution in [0.25, 0.3) is 0 Å². The molecule has 27 heavy (non-hydrogen) atoms. The van der Waals surface area contributed by atoms with Crippen LogP contribution in [0.1, 0.15) is 37.9 Å². The van der Waals surface area contributed by atoms with Crippen molar-refractivity contribution in [1.29, 1.82) is 0 Å². The van der Waals surface area contributed by atoms with E-state index in [2.05, 4.69) is 74.8 Å². The number of aromatic nitrogens is 2. The van der Waals surface area contributed by atoms with Gasteiger partial charge in [0.15, 0.2) is 11.8 Å². The van der Waals surface area contributed by atoms with Gasteiger partial charge < -0.3 is 20.1 Å². The maximum absolute atomic E-state index is 5.27. The van der Waals surface area contributed by atoms with Crippen LogP contribution in [0.15, 0.2) is 39.8 Å². The molecule has 2 aromatic rings. The minimum atomic E-state index is 0. The van der Waals surface area contributed by atoms with Gasteiger partial charge in [-0.3, -0.25) is 4.99 Å². The number of hydrogen-bond acceptors (Lipinski definition) is 5. The number of anilines is 1.